The summed E-state index contributed by atoms with van der Waals surface area (Å²) >= 11 is 1.69. The summed E-state index contributed by atoms with van der Waals surface area (Å²) in [7, 11) is -3.22. The van der Waals surface area contributed by atoms with Crippen molar-refractivity contribution in [3.05, 3.63) is 53.6 Å². The zero-order valence-electron chi connectivity index (χ0n) is 13.0. The fourth-order valence-electron chi connectivity index (χ4n) is 2.78. The molecule has 2 aromatic rings. The van der Waals surface area contributed by atoms with Crippen molar-refractivity contribution >= 4 is 21.6 Å². The minimum Gasteiger partial charge on any atom is -0.329 e. The zero-order valence-corrected chi connectivity index (χ0v) is 14.6. The Bertz CT molecular complexity index is 819. The summed E-state index contributed by atoms with van der Waals surface area (Å²) in [6.07, 6.45) is 2.07. The molecule has 23 heavy (non-hydrogen) atoms. The van der Waals surface area contributed by atoms with E-state index in [1.165, 1.54) is 16.7 Å². The molecule has 122 valence electrons. The third-order valence-corrected chi connectivity index (χ3v) is 6.26. The van der Waals surface area contributed by atoms with E-state index >= 15 is 0 Å². The number of nitrogens with two attached hydrogens (primary N) is 1. The van der Waals surface area contributed by atoms with E-state index < -0.39 is 9.84 Å². The topological polar surface area (TPSA) is 72.2 Å². The van der Waals surface area contributed by atoms with Gasteiger partial charge in [-0.05, 0) is 41.8 Å². The lowest BCUT2D eigenvalue weighted by Crippen LogP contribution is -2.28. The molecule has 0 radical (unpaired) electrons. The highest BCUT2D eigenvalue weighted by Gasteiger charge is 2.23. The van der Waals surface area contributed by atoms with Gasteiger partial charge in [0, 0.05) is 35.2 Å². The highest BCUT2D eigenvalue weighted by Crippen LogP contribution is 2.41. The van der Waals surface area contributed by atoms with Crippen molar-refractivity contribution < 1.29 is 8.42 Å². The van der Waals surface area contributed by atoms with Crippen molar-refractivity contribution in [2.24, 2.45) is 5.73 Å². The molecule has 0 aliphatic carbocycles. The van der Waals surface area contributed by atoms with Crippen LogP contribution in [-0.4, -0.2) is 27.8 Å². The number of rotatable bonds is 4. The van der Waals surface area contributed by atoms with Crippen LogP contribution >= 0.6 is 11.8 Å². The fourth-order valence-corrected chi connectivity index (χ4v) is 4.56. The van der Waals surface area contributed by atoms with E-state index in [4.69, 9.17) is 5.73 Å². The summed E-state index contributed by atoms with van der Waals surface area (Å²) in [6, 6.07) is 13.8. The molecule has 3 rings (SSSR count). The molecule has 4 nitrogen and oxygen atoms in total. The van der Waals surface area contributed by atoms with Gasteiger partial charge in [0.2, 0.25) is 0 Å². The van der Waals surface area contributed by atoms with Crippen LogP contribution in [0.2, 0.25) is 0 Å². The van der Waals surface area contributed by atoms with Crippen LogP contribution in [0.4, 0.5) is 0 Å². The molecule has 0 saturated heterocycles. The molecule has 1 atom stereocenters. The monoisotopic (exact) mass is 348 g/mol. The molecule has 0 aromatic heterocycles. The van der Waals surface area contributed by atoms with E-state index in [1.807, 2.05) is 18.2 Å². The maximum absolute atomic E-state index is 11.9. The van der Waals surface area contributed by atoms with Crippen LogP contribution in [0.5, 0.6) is 0 Å². The minimum absolute atomic E-state index is 0.0615. The molecule has 0 amide bonds. The van der Waals surface area contributed by atoms with Crippen LogP contribution in [0, 0.1) is 0 Å². The van der Waals surface area contributed by atoms with Crippen molar-refractivity contribution in [1.29, 1.82) is 0 Å². The van der Waals surface area contributed by atoms with E-state index in [-0.39, 0.29) is 6.04 Å². The van der Waals surface area contributed by atoms with Crippen LogP contribution in [0.15, 0.2) is 57.2 Å². The van der Waals surface area contributed by atoms with Gasteiger partial charge in [0.25, 0.3) is 0 Å². The molecule has 2 aromatic carbocycles. The molecule has 0 spiro atoms. The van der Waals surface area contributed by atoms with E-state index in [2.05, 4.69) is 17.4 Å². The number of sulfone groups is 1. The minimum atomic E-state index is -3.22. The van der Waals surface area contributed by atoms with Crippen LogP contribution in [-0.2, 0) is 16.3 Å². The van der Waals surface area contributed by atoms with Gasteiger partial charge < -0.3 is 11.1 Å². The third-order valence-electron chi connectivity index (χ3n) is 3.94. The Labute approximate surface area is 141 Å². The Morgan fingerprint density at radius 1 is 1.22 bits per heavy atom. The highest BCUT2D eigenvalue weighted by atomic mass is 32.2. The summed E-state index contributed by atoms with van der Waals surface area (Å²) in [5, 5.41) is 3.45. The third kappa shape index (κ3) is 3.61. The predicted molar refractivity (Wildman–Crippen MR) is 93.6 cm³/mol. The smallest absolute Gasteiger partial charge is 0.175 e. The number of fused-ring (bicyclic) bond motifs is 2. The van der Waals surface area contributed by atoms with E-state index in [9.17, 15) is 8.42 Å². The molecule has 1 aliphatic rings. The van der Waals surface area contributed by atoms with Crippen molar-refractivity contribution in [3.8, 4) is 0 Å². The maximum atomic E-state index is 11.9. The molecular formula is C17H20N2O2S2. The Morgan fingerprint density at radius 3 is 2.74 bits per heavy atom. The van der Waals surface area contributed by atoms with Gasteiger partial charge in [-0.25, -0.2) is 8.42 Å². The Balaban J connectivity index is 2.09. The summed E-state index contributed by atoms with van der Waals surface area (Å²) in [4.78, 5) is 2.68. The molecular weight excluding hydrogens is 328 g/mol. The van der Waals surface area contributed by atoms with Gasteiger partial charge in [0.15, 0.2) is 9.84 Å². The molecule has 1 aliphatic heterocycles. The van der Waals surface area contributed by atoms with Gasteiger partial charge in [0.1, 0.15) is 0 Å². The lowest BCUT2D eigenvalue weighted by Gasteiger charge is -2.19. The molecule has 0 fully saturated rings. The second-order valence-electron chi connectivity index (χ2n) is 5.68. The Kier molecular flexibility index (Phi) is 4.77. The molecule has 1 heterocycles. The Morgan fingerprint density at radius 2 is 2.00 bits per heavy atom. The molecule has 0 saturated carbocycles. The van der Waals surface area contributed by atoms with Crippen molar-refractivity contribution in [2.45, 2.75) is 27.1 Å². The standard InChI is InChI=1S/C17H20N2O2S2/c1-23(20,21)13-6-7-17-14(11-13)15(19-9-8-18)10-12-4-2-3-5-16(12)22-17/h2-7,11,15,19H,8-10,18H2,1H3. The van der Waals surface area contributed by atoms with Gasteiger partial charge in [0.05, 0.1) is 4.90 Å². The summed E-state index contributed by atoms with van der Waals surface area (Å²) in [6.45, 7) is 1.24. The first-order valence-corrected chi connectivity index (χ1v) is 10.2. The molecule has 3 N–H and O–H groups in total. The fraction of sp³-hybridized carbons (Fsp3) is 0.294. The average Bonchev–Trinajstić information content (AvgIpc) is 2.67. The largest absolute Gasteiger partial charge is 0.329 e. The SMILES string of the molecule is CS(=O)(=O)c1ccc2c(c1)C(NCCN)Cc1ccccc1S2. The first-order valence-electron chi connectivity index (χ1n) is 7.52. The summed E-state index contributed by atoms with van der Waals surface area (Å²) in [5.41, 5.74) is 7.93. The maximum Gasteiger partial charge on any atom is 0.175 e. The van der Waals surface area contributed by atoms with Crippen molar-refractivity contribution in [1.82, 2.24) is 5.32 Å². The van der Waals surface area contributed by atoms with Crippen molar-refractivity contribution in [3.63, 3.8) is 0 Å². The second-order valence-corrected chi connectivity index (χ2v) is 8.78. The molecule has 0 bridgehead atoms. The quantitative estimate of drug-likeness (QED) is 0.888. The average molecular weight is 348 g/mol. The van der Waals surface area contributed by atoms with Gasteiger partial charge in [-0.15, -0.1) is 0 Å². The lowest BCUT2D eigenvalue weighted by atomic mass is 9.99. The number of benzene rings is 2. The molecule has 1 unspecified atom stereocenters. The summed E-state index contributed by atoms with van der Waals surface area (Å²) < 4.78 is 23.8. The van der Waals surface area contributed by atoms with Crippen LogP contribution in [0.1, 0.15) is 17.2 Å². The van der Waals surface area contributed by atoms with Gasteiger partial charge >= 0.3 is 0 Å². The van der Waals surface area contributed by atoms with Gasteiger partial charge in [-0.3, -0.25) is 0 Å². The normalized spacial score (nSPS) is 17.2. The van der Waals surface area contributed by atoms with Gasteiger partial charge in [-0.1, -0.05) is 30.0 Å². The second kappa shape index (κ2) is 6.65. The van der Waals surface area contributed by atoms with E-state index in [0.717, 1.165) is 16.9 Å². The van der Waals surface area contributed by atoms with Crippen LogP contribution in [0.25, 0.3) is 0 Å². The van der Waals surface area contributed by atoms with Crippen molar-refractivity contribution in [2.75, 3.05) is 19.3 Å². The van der Waals surface area contributed by atoms with E-state index in [1.54, 1.807) is 23.9 Å². The summed E-state index contributed by atoms with van der Waals surface area (Å²) in [5.74, 6) is 0. The van der Waals surface area contributed by atoms with Crippen LogP contribution in [0.3, 0.4) is 0 Å². The first-order chi connectivity index (χ1) is 11.0. The lowest BCUT2D eigenvalue weighted by molar-refractivity contribution is 0.529. The highest BCUT2D eigenvalue weighted by molar-refractivity contribution is 7.99. The van der Waals surface area contributed by atoms with Crippen LogP contribution < -0.4 is 11.1 Å². The first kappa shape index (κ1) is 16.5. The zero-order chi connectivity index (χ0) is 16.4. The molecule has 6 heteroatoms. The van der Waals surface area contributed by atoms with Gasteiger partial charge in [-0.2, -0.15) is 0 Å². The Hall–Kier alpha value is -1.34. The number of nitrogens with one attached hydrogen (secondary N) is 1. The number of hydrogen-bond acceptors (Lipinski definition) is 5. The number of hydrogen-bond donors (Lipinski definition) is 2. The van der Waals surface area contributed by atoms with E-state index in [0.29, 0.717) is 18.0 Å². The predicted octanol–water partition coefficient (Wildman–Crippen LogP) is 2.39.